The van der Waals surface area contributed by atoms with Crippen LogP contribution in [0, 0.1) is 0 Å². The summed E-state index contributed by atoms with van der Waals surface area (Å²) in [5.41, 5.74) is -0.103. The zero-order valence-electron chi connectivity index (χ0n) is 14.8. The second-order valence-corrected chi connectivity index (χ2v) is 6.13. The topological polar surface area (TPSA) is 132 Å². The van der Waals surface area contributed by atoms with Gasteiger partial charge in [0, 0.05) is 23.8 Å². The van der Waals surface area contributed by atoms with Gasteiger partial charge in [0.25, 0.3) is 0 Å². The number of hydrogen-bond donors (Lipinski definition) is 1. The molecule has 0 unspecified atom stereocenters. The molecule has 0 bridgehead atoms. The van der Waals surface area contributed by atoms with E-state index < -0.39 is 24.8 Å². The standard InChI is InChI=1S/C16H13O8P.2Na/c1-22-10-4-2-9(3-5-10)14-8-13(18)16-12(17)6-11(7-15(16)23-14)24-25(19,20)21;;/h2-8,17H,1H3,(H2,19,20,21);;/q;2*+1/p-2. The molecule has 3 aromatic rings. The van der Waals surface area contributed by atoms with Crippen LogP contribution in [0.5, 0.6) is 17.2 Å². The van der Waals surface area contributed by atoms with E-state index >= 15 is 0 Å². The van der Waals surface area contributed by atoms with E-state index in [1.165, 1.54) is 13.2 Å². The van der Waals surface area contributed by atoms with E-state index in [2.05, 4.69) is 4.52 Å². The van der Waals surface area contributed by atoms with Gasteiger partial charge >= 0.3 is 59.1 Å². The van der Waals surface area contributed by atoms with Crippen LogP contribution in [0.2, 0.25) is 0 Å². The van der Waals surface area contributed by atoms with Gasteiger partial charge in [-0.2, -0.15) is 0 Å². The molecule has 0 aliphatic carbocycles. The Morgan fingerprint density at radius 3 is 2.22 bits per heavy atom. The minimum absolute atomic E-state index is 0. The van der Waals surface area contributed by atoms with Gasteiger partial charge in [-0.15, -0.1) is 0 Å². The van der Waals surface area contributed by atoms with Crippen LogP contribution >= 0.6 is 7.82 Å². The summed E-state index contributed by atoms with van der Waals surface area (Å²) in [5, 5.41) is 9.75. The molecule has 27 heavy (non-hydrogen) atoms. The Bertz CT molecular complexity index is 1040. The van der Waals surface area contributed by atoms with Gasteiger partial charge in [0.1, 0.15) is 41.8 Å². The van der Waals surface area contributed by atoms with Crippen molar-refractivity contribution in [3.8, 4) is 28.6 Å². The number of benzene rings is 2. The van der Waals surface area contributed by atoms with Crippen LogP contribution in [0.1, 0.15) is 0 Å². The number of fused-ring (bicyclic) bond motifs is 1. The summed E-state index contributed by atoms with van der Waals surface area (Å²) in [5.74, 6) is -0.213. The van der Waals surface area contributed by atoms with Crippen LogP contribution in [-0.2, 0) is 4.57 Å². The third kappa shape index (κ3) is 5.84. The molecule has 0 fully saturated rings. The summed E-state index contributed by atoms with van der Waals surface area (Å²) >= 11 is 0. The molecule has 0 saturated heterocycles. The van der Waals surface area contributed by atoms with Gasteiger partial charge in [0.2, 0.25) is 0 Å². The van der Waals surface area contributed by atoms with Crippen molar-refractivity contribution in [1.29, 1.82) is 0 Å². The molecule has 0 radical (unpaired) electrons. The Balaban J connectivity index is 0.00000182. The van der Waals surface area contributed by atoms with Gasteiger partial charge in [0.05, 0.1) is 7.11 Å². The number of methoxy groups -OCH3 is 1. The van der Waals surface area contributed by atoms with Gasteiger partial charge < -0.3 is 33.1 Å². The van der Waals surface area contributed by atoms with E-state index in [0.29, 0.717) is 11.3 Å². The smallest absolute Gasteiger partial charge is 0.780 e. The normalized spacial score (nSPS) is 10.6. The number of phosphoric ester groups is 1. The van der Waals surface area contributed by atoms with Crippen molar-refractivity contribution in [2.75, 3.05) is 7.11 Å². The monoisotopic (exact) mass is 408 g/mol. The molecular weight excluding hydrogens is 397 g/mol. The number of phenolic OH excluding ortho intramolecular Hbond substituents is 1. The van der Waals surface area contributed by atoms with E-state index in [-0.39, 0.29) is 75.8 Å². The summed E-state index contributed by atoms with van der Waals surface area (Å²) in [4.78, 5) is 33.7. The predicted molar refractivity (Wildman–Crippen MR) is 84.4 cm³/mol. The second-order valence-electron chi connectivity index (χ2n) is 5.06. The summed E-state index contributed by atoms with van der Waals surface area (Å²) in [6.07, 6.45) is 0. The molecule has 0 atom stereocenters. The summed E-state index contributed by atoms with van der Waals surface area (Å²) < 4.78 is 25.6. The van der Waals surface area contributed by atoms with E-state index in [4.69, 9.17) is 9.15 Å². The molecular formula is C16H11Na2O8P. The molecule has 1 aromatic heterocycles. The van der Waals surface area contributed by atoms with Gasteiger partial charge in [0.15, 0.2) is 5.43 Å². The van der Waals surface area contributed by atoms with Crippen molar-refractivity contribution in [1.82, 2.24) is 0 Å². The van der Waals surface area contributed by atoms with Crippen LogP contribution in [0.15, 0.2) is 51.7 Å². The van der Waals surface area contributed by atoms with Crippen LogP contribution in [0.3, 0.4) is 0 Å². The number of ether oxygens (including phenoxy) is 1. The molecule has 0 aliphatic heterocycles. The first-order valence-electron chi connectivity index (χ1n) is 6.94. The first-order valence-corrected chi connectivity index (χ1v) is 8.40. The average molecular weight is 408 g/mol. The van der Waals surface area contributed by atoms with Gasteiger partial charge in [-0.25, -0.2) is 0 Å². The SMILES string of the molecule is COc1ccc(-c2cc(=O)c3c(O)cc(OP(=O)([O-])[O-])cc3o2)cc1.[Na+].[Na+]. The largest absolute Gasteiger partial charge is 1.00 e. The third-order valence-corrected chi connectivity index (χ3v) is 3.81. The fraction of sp³-hybridized carbons (Fsp3) is 0.0625. The van der Waals surface area contributed by atoms with Gasteiger partial charge in [-0.05, 0) is 24.3 Å². The summed E-state index contributed by atoms with van der Waals surface area (Å²) in [6.45, 7) is 0. The predicted octanol–water partition coefficient (Wildman–Crippen LogP) is -4.61. The molecule has 0 saturated carbocycles. The molecule has 1 heterocycles. The van der Waals surface area contributed by atoms with Crippen LogP contribution in [0.4, 0.5) is 0 Å². The fourth-order valence-corrected chi connectivity index (χ4v) is 2.69. The number of rotatable bonds is 4. The van der Waals surface area contributed by atoms with E-state index in [1.54, 1.807) is 24.3 Å². The third-order valence-electron chi connectivity index (χ3n) is 3.38. The number of phenols is 1. The van der Waals surface area contributed by atoms with Gasteiger partial charge in [-0.3, -0.25) is 4.79 Å². The maximum Gasteiger partial charge on any atom is 1.00 e. The second kappa shape index (κ2) is 9.60. The van der Waals surface area contributed by atoms with Crippen molar-refractivity contribution in [2.24, 2.45) is 0 Å². The van der Waals surface area contributed by atoms with Crippen molar-refractivity contribution in [3.63, 3.8) is 0 Å². The van der Waals surface area contributed by atoms with E-state index in [1.807, 2.05) is 0 Å². The first-order chi connectivity index (χ1) is 11.8. The molecule has 130 valence electrons. The molecule has 0 spiro atoms. The van der Waals surface area contributed by atoms with Crippen molar-refractivity contribution < 1.29 is 92.3 Å². The minimum atomic E-state index is -5.32. The molecule has 0 aliphatic rings. The molecule has 8 nitrogen and oxygen atoms in total. The number of aromatic hydroxyl groups is 1. The summed E-state index contributed by atoms with van der Waals surface area (Å²) in [7, 11) is -3.81. The number of phosphoric acid groups is 1. The zero-order valence-corrected chi connectivity index (χ0v) is 19.7. The summed E-state index contributed by atoms with van der Waals surface area (Å²) in [6, 6.07) is 9.75. The maximum atomic E-state index is 12.2. The molecule has 3 rings (SSSR count). The van der Waals surface area contributed by atoms with Gasteiger partial charge in [-0.1, -0.05) is 0 Å². The zero-order chi connectivity index (χ0) is 18.2. The molecule has 1 N–H and O–H groups in total. The Morgan fingerprint density at radius 2 is 1.67 bits per heavy atom. The molecule has 0 amide bonds. The van der Waals surface area contributed by atoms with Crippen molar-refractivity contribution >= 4 is 18.8 Å². The fourth-order valence-electron chi connectivity index (χ4n) is 2.32. The molecule has 11 heteroatoms. The van der Waals surface area contributed by atoms with Crippen LogP contribution in [-0.4, -0.2) is 12.2 Å². The average Bonchev–Trinajstić information content (AvgIpc) is 2.52. The Kier molecular flexibility index (Phi) is 8.62. The Hall–Kier alpha value is -0.800. The van der Waals surface area contributed by atoms with E-state index in [0.717, 1.165) is 12.1 Å². The minimum Gasteiger partial charge on any atom is -0.780 e. The Morgan fingerprint density at radius 1 is 1.04 bits per heavy atom. The first kappa shape index (κ1) is 24.2. The maximum absolute atomic E-state index is 12.2. The van der Waals surface area contributed by atoms with Crippen LogP contribution < -0.4 is 83.6 Å². The molecule has 2 aromatic carbocycles. The van der Waals surface area contributed by atoms with Crippen LogP contribution in [0.25, 0.3) is 22.3 Å². The number of hydrogen-bond acceptors (Lipinski definition) is 8. The Labute approximate surface area is 197 Å². The van der Waals surface area contributed by atoms with E-state index in [9.17, 15) is 24.3 Å². The van der Waals surface area contributed by atoms with Crippen molar-refractivity contribution in [2.45, 2.75) is 0 Å². The van der Waals surface area contributed by atoms with Crippen molar-refractivity contribution in [3.05, 3.63) is 52.7 Å². The quantitative estimate of drug-likeness (QED) is 0.337.